The van der Waals surface area contributed by atoms with Gasteiger partial charge in [0.1, 0.15) is 5.82 Å². The van der Waals surface area contributed by atoms with Crippen LogP contribution in [0.1, 0.15) is 10.4 Å². The Balaban J connectivity index is 2.16. The van der Waals surface area contributed by atoms with Crippen LogP contribution in [0.15, 0.2) is 42.5 Å². The van der Waals surface area contributed by atoms with E-state index >= 15 is 0 Å². The molecule has 2 aromatic rings. The molecule has 5 nitrogen and oxygen atoms in total. The quantitative estimate of drug-likeness (QED) is 0.806. The number of carboxylic acid groups (broad SMARTS) is 1. The Morgan fingerprint density at radius 3 is 2.43 bits per heavy atom. The third kappa shape index (κ3) is 3.93. The van der Waals surface area contributed by atoms with Gasteiger partial charge in [-0.2, -0.15) is 0 Å². The van der Waals surface area contributed by atoms with Crippen molar-refractivity contribution in [1.29, 1.82) is 0 Å². The highest BCUT2D eigenvalue weighted by Gasteiger charge is 2.09. The standard InChI is InChI=1S/C14H10ClFN2O3/c15-11-7-10(4-5-12(11)16)17-13(19)8-2-1-3-9(6-8)18-14(20)21/h1-7,18H,(H,17,19)(H,20,21). The lowest BCUT2D eigenvalue weighted by atomic mass is 10.2. The van der Waals surface area contributed by atoms with E-state index in [1.165, 1.54) is 36.4 Å². The van der Waals surface area contributed by atoms with Gasteiger partial charge in [-0.15, -0.1) is 0 Å². The fourth-order valence-corrected chi connectivity index (χ4v) is 1.82. The second kappa shape index (κ2) is 6.23. The Morgan fingerprint density at radius 1 is 1.05 bits per heavy atom. The van der Waals surface area contributed by atoms with Crippen molar-refractivity contribution in [2.75, 3.05) is 10.6 Å². The van der Waals surface area contributed by atoms with E-state index in [9.17, 15) is 14.0 Å². The number of anilines is 2. The van der Waals surface area contributed by atoms with Gasteiger partial charge >= 0.3 is 6.09 Å². The van der Waals surface area contributed by atoms with Crippen LogP contribution in [0.25, 0.3) is 0 Å². The van der Waals surface area contributed by atoms with Gasteiger partial charge in [0.2, 0.25) is 0 Å². The van der Waals surface area contributed by atoms with Crippen molar-refractivity contribution >= 4 is 35.0 Å². The van der Waals surface area contributed by atoms with E-state index in [0.29, 0.717) is 5.69 Å². The summed E-state index contributed by atoms with van der Waals surface area (Å²) in [6.07, 6.45) is -1.22. The topological polar surface area (TPSA) is 78.4 Å². The lowest BCUT2D eigenvalue weighted by molar-refractivity contribution is 0.102. The molecule has 2 aromatic carbocycles. The average Bonchev–Trinajstić information content (AvgIpc) is 2.42. The van der Waals surface area contributed by atoms with Crippen molar-refractivity contribution in [3.8, 4) is 0 Å². The molecule has 0 radical (unpaired) electrons. The summed E-state index contributed by atoms with van der Waals surface area (Å²) in [5.74, 6) is -1.05. The number of nitrogens with one attached hydrogen (secondary N) is 2. The molecule has 108 valence electrons. The molecule has 0 bridgehead atoms. The molecule has 7 heteroatoms. The normalized spacial score (nSPS) is 10.0. The van der Waals surface area contributed by atoms with Gasteiger partial charge < -0.3 is 10.4 Å². The maximum Gasteiger partial charge on any atom is 0.409 e. The molecular weight excluding hydrogens is 299 g/mol. The van der Waals surface area contributed by atoms with Crippen molar-refractivity contribution in [3.63, 3.8) is 0 Å². The number of rotatable bonds is 3. The third-order valence-corrected chi connectivity index (χ3v) is 2.84. The third-order valence-electron chi connectivity index (χ3n) is 2.55. The van der Waals surface area contributed by atoms with Crippen LogP contribution < -0.4 is 10.6 Å². The molecule has 0 fully saturated rings. The lowest BCUT2D eigenvalue weighted by Gasteiger charge is -2.07. The molecule has 0 saturated carbocycles. The SMILES string of the molecule is O=C(O)Nc1cccc(C(=O)Nc2ccc(F)c(Cl)c2)c1. The summed E-state index contributed by atoms with van der Waals surface area (Å²) in [4.78, 5) is 22.6. The first-order chi connectivity index (χ1) is 9.95. The molecule has 2 amide bonds. The number of carbonyl (C=O) groups excluding carboxylic acids is 1. The van der Waals surface area contributed by atoms with Gasteiger partial charge in [0.15, 0.2) is 0 Å². The van der Waals surface area contributed by atoms with Crippen LogP contribution in [-0.4, -0.2) is 17.1 Å². The molecule has 0 saturated heterocycles. The van der Waals surface area contributed by atoms with E-state index in [-0.39, 0.29) is 16.3 Å². The van der Waals surface area contributed by atoms with Crippen LogP contribution in [0.3, 0.4) is 0 Å². The van der Waals surface area contributed by atoms with Crippen molar-refractivity contribution in [3.05, 3.63) is 58.9 Å². The van der Waals surface area contributed by atoms with Crippen LogP contribution >= 0.6 is 11.6 Å². The number of benzene rings is 2. The first-order valence-electron chi connectivity index (χ1n) is 5.82. The van der Waals surface area contributed by atoms with Crippen LogP contribution in [0.4, 0.5) is 20.6 Å². The second-order valence-corrected chi connectivity index (χ2v) is 4.50. The zero-order valence-corrected chi connectivity index (χ0v) is 11.3. The van der Waals surface area contributed by atoms with E-state index in [1.807, 2.05) is 0 Å². The van der Waals surface area contributed by atoms with Gasteiger partial charge in [-0.25, -0.2) is 9.18 Å². The smallest absolute Gasteiger partial charge is 0.409 e. The van der Waals surface area contributed by atoms with E-state index in [4.69, 9.17) is 16.7 Å². The fourth-order valence-electron chi connectivity index (χ4n) is 1.64. The van der Waals surface area contributed by atoms with Crippen molar-refractivity contribution in [2.45, 2.75) is 0 Å². The van der Waals surface area contributed by atoms with Crippen molar-refractivity contribution in [1.82, 2.24) is 0 Å². The monoisotopic (exact) mass is 308 g/mol. The van der Waals surface area contributed by atoms with E-state index in [0.717, 1.165) is 6.07 Å². The number of hydrogen-bond donors (Lipinski definition) is 3. The second-order valence-electron chi connectivity index (χ2n) is 4.09. The van der Waals surface area contributed by atoms with Crippen LogP contribution in [0, 0.1) is 5.82 Å². The predicted octanol–water partition coefficient (Wildman–Crippen LogP) is 3.82. The maximum atomic E-state index is 13.0. The van der Waals surface area contributed by atoms with Gasteiger partial charge in [0, 0.05) is 16.9 Å². The van der Waals surface area contributed by atoms with E-state index in [2.05, 4.69) is 10.6 Å². The van der Waals surface area contributed by atoms with Crippen LogP contribution in [0.2, 0.25) is 5.02 Å². The number of hydrogen-bond acceptors (Lipinski definition) is 2. The molecule has 0 aliphatic rings. The van der Waals surface area contributed by atoms with E-state index in [1.54, 1.807) is 0 Å². The lowest BCUT2D eigenvalue weighted by Crippen LogP contribution is -2.13. The minimum atomic E-state index is -1.22. The molecule has 0 aromatic heterocycles. The molecule has 0 atom stereocenters. The molecule has 3 N–H and O–H groups in total. The van der Waals surface area contributed by atoms with Gasteiger partial charge in [-0.3, -0.25) is 10.1 Å². The molecule has 0 aliphatic carbocycles. The number of halogens is 2. The predicted molar refractivity (Wildman–Crippen MR) is 77.5 cm³/mol. The molecule has 0 aliphatic heterocycles. The first-order valence-corrected chi connectivity index (χ1v) is 6.20. The van der Waals surface area contributed by atoms with Crippen LogP contribution in [0.5, 0.6) is 0 Å². The Labute approximate surface area is 124 Å². The highest BCUT2D eigenvalue weighted by atomic mass is 35.5. The van der Waals surface area contributed by atoms with Crippen LogP contribution in [-0.2, 0) is 0 Å². The summed E-state index contributed by atoms with van der Waals surface area (Å²) in [5, 5.41) is 13.2. The zero-order chi connectivity index (χ0) is 15.4. The first kappa shape index (κ1) is 14.8. The summed E-state index contributed by atoms with van der Waals surface area (Å²) in [6.45, 7) is 0. The molecule has 0 heterocycles. The van der Waals surface area contributed by atoms with Crippen molar-refractivity contribution in [2.24, 2.45) is 0 Å². The Kier molecular flexibility index (Phi) is 4.39. The minimum Gasteiger partial charge on any atom is -0.465 e. The summed E-state index contributed by atoms with van der Waals surface area (Å²) in [6, 6.07) is 9.76. The highest BCUT2D eigenvalue weighted by Crippen LogP contribution is 2.20. The van der Waals surface area contributed by atoms with Gasteiger partial charge in [-0.05, 0) is 36.4 Å². The molecule has 2 rings (SSSR count). The highest BCUT2D eigenvalue weighted by molar-refractivity contribution is 6.31. The van der Waals surface area contributed by atoms with Gasteiger partial charge in [-0.1, -0.05) is 17.7 Å². The van der Waals surface area contributed by atoms with Crippen molar-refractivity contribution < 1.29 is 19.1 Å². The summed E-state index contributed by atoms with van der Waals surface area (Å²) >= 11 is 5.62. The average molecular weight is 309 g/mol. The van der Waals surface area contributed by atoms with Gasteiger partial charge in [0.25, 0.3) is 5.91 Å². The Morgan fingerprint density at radius 2 is 1.76 bits per heavy atom. The summed E-state index contributed by atoms with van der Waals surface area (Å²) in [7, 11) is 0. The molecule has 0 spiro atoms. The molecular formula is C14H10ClFN2O3. The summed E-state index contributed by atoms with van der Waals surface area (Å²) in [5.41, 5.74) is 0.858. The maximum absolute atomic E-state index is 13.0. The molecule has 0 unspecified atom stereocenters. The largest absolute Gasteiger partial charge is 0.465 e. The van der Waals surface area contributed by atoms with E-state index < -0.39 is 17.8 Å². The molecule has 21 heavy (non-hydrogen) atoms. The number of carbonyl (C=O) groups is 2. The van der Waals surface area contributed by atoms with Gasteiger partial charge in [0.05, 0.1) is 5.02 Å². The Bertz CT molecular complexity index is 706. The fraction of sp³-hybridized carbons (Fsp3) is 0. The summed E-state index contributed by atoms with van der Waals surface area (Å²) < 4.78 is 13.0. The number of amides is 2. The zero-order valence-electron chi connectivity index (χ0n) is 10.6. The minimum absolute atomic E-state index is 0.103. The Hall–Kier alpha value is -2.60.